The van der Waals surface area contributed by atoms with Crippen molar-refractivity contribution >= 4 is 18.3 Å². The molecule has 2 N–H and O–H groups in total. The van der Waals surface area contributed by atoms with Crippen LogP contribution in [0.3, 0.4) is 0 Å². The predicted octanol–water partition coefficient (Wildman–Crippen LogP) is 2.01. The first-order valence-corrected chi connectivity index (χ1v) is 8.08. The SMILES string of the molecule is COc1cc(C(=O)NCC2(C)CCNCC2)cc2c1OCCO2.Cl. The number of fused-ring (bicyclic) bond motifs is 1. The molecule has 2 aliphatic heterocycles. The largest absolute Gasteiger partial charge is 0.493 e. The number of hydrogen-bond acceptors (Lipinski definition) is 5. The summed E-state index contributed by atoms with van der Waals surface area (Å²) in [5.41, 5.74) is 0.683. The molecule has 134 valence electrons. The van der Waals surface area contributed by atoms with Crippen molar-refractivity contribution in [2.24, 2.45) is 5.41 Å². The number of methoxy groups -OCH3 is 1. The van der Waals surface area contributed by atoms with Gasteiger partial charge in [0.2, 0.25) is 5.75 Å². The molecule has 1 saturated heterocycles. The summed E-state index contributed by atoms with van der Waals surface area (Å²) in [4.78, 5) is 12.5. The van der Waals surface area contributed by atoms with Gasteiger partial charge >= 0.3 is 0 Å². The third-order valence-electron chi connectivity index (χ3n) is 4.58. The highest BCUT2D eigenvalue weighted by Gasteiger charge is 2.28. The Kier molecular flexibility index (Phi) is 6.18. The van der Waals surface area contributed by atoms with Crippen molar-refractivity contribution in [3.05, 3.63) is 17.7 Å². The topological polar surface area (TPSA) is 68.8 Å². The van der Waals surface area contributed by atoms with Crippen LogP contribution in [-0.4, -0.2) is 45.9 Å². The van der Waals surface area contributed by atoms with Gasteiger partial charge in [-0.1, -0.05) is 6.92 Å². The van der Waals surface area contributed by atoms with Crippen molar-refractivity contribution in [2.45, 2.75) is 19.8 Å². The zero-order valence-electron chi connectivity index (χ0n) is 14.1. The summed E-state index contributed by atoms with van der Waals surface area (Å²) in [6.45, 7) is 5.87. The van der Waals surface area contributed by atoms with Crippen molar-refractivity contribution < 1.29 is 19.0 Å². The number of carbonyl (C=O) groups excluding carboxylic acids is 1. The molecule has 24 heavy (non-hydrogen) atoms. The number of piperidine rings is 1. The molecule has 0 unspecified atom stereocenters. The number of amides is 1. The van der Waals surface area contributed by atoms with E-state index in [4.69, 9.17) is 14.2 Å². The fourth-order valence-electron chi connectivity index (χ4n) is 3.01. The van der Waals surface area contributed by atoms with E-state index in [0.717, 1.165) is 25.9 Å². The highest BCUT2D eigenvalue weighted by molar-refractivity contribution is 5.95. The Balaban J connectivity index is 0.00000208. The van der Waals surface area contributed by atoms with Crippen molar-refractivity contribution in [3.63, 3.8) is 0 Å². The van der Waals surface area contributed by atoms with Gasteiger partial charge in [-0.15, -0.1) is 12.4 Å². The van der Waals surface area contributed by atoms with Crippen LogP contribution in [0.25, 0.3) is 0 Å². The lowest BCUT2D eigenvalue weighted by Gasteiger charge is -2.34. The van der Waals surface area contributed by atoms with Crippen LogP contribution in [0.4, 0.5) is 0 Å². The zero-order valence-corrected chi connectivity index (χ0v) is 15.0. The van der Waals surface area contributed by atoms with E-state index in [1.54, 1.807) is 19.2 Å². The van der Waals surface area contributed by atoms with Gasteiger partial charge in [-0.3, -0.25) is 4.79 Å². The van der Waals surface area contributed by atoms with Crippen LogP contribution < -0.4 is 24.8 Å². The number of carbonyl (C=O) groups is 1. The van der Waals surface area contributed by atoms with Gasteiger partial charge < -0.3 is 24.8 Å². The first-order chi connectivity index (χ1) is 11.1. The van der Waals surface area contributed by atoms with Gasteiger partial charge in [-0.2, -0.15) is 0 Å². The molecule has 6 nitrogen and oxygen atoms in total. The molecule has 3 rings (SSSR count). The molecule has 7 heteroatoms. The number of hydrogen-bond donors (Lipinski definition) is 2. The molecule has 0 aliphatic carbocycles. The zero-order chi connectivity index (χ0) is 16.3. The molecule has 2 heterocycles. The third-order valence-corrected chi connectivity index (χ3v) is 4.58. The minimum atomic E-state index is -0.111. The molecule has 1 fully saturated rings. The maximum Gasteiger partial charge on any atom is 0.251 e. The fraction of sp³-hybridized carbons (Fsp3) is 0.588. The summed E-state index contributed by atoms with van der Waals surface area (Å²) in [5, 5.41) is 6.40. The summed E-state index contributed by atoms with van der Waals surface area (Å²) in [6.07, 6.45) is 2.13. The van der Waals surface area contributed by atoms with Crippen LogP contribution >= 0.6 is 12.4 Å². The second kappa shape index (κ2) is 7.94. The van der Waals surface area contributed by atoms with E-state index in [2.05, 4.69) is 17.6 Å². The Morgan fingerprint density at radius 2 is 2.00 bits per heavy atom. The lowest BCUT2D eigenvalue weighted by Crippen LogP contribution is -2.42. The minimum Gasteiger partial charge on any atom is -0.493 e. The van der Waals surface area contributed by atoms with E-state index in [9.17, 15) is 4.79 Å². The summed E-state index contributed by atoms with van der Waals surface area (Å²) < 4.78 is 16.5. The van der Waals surface area contributed by atoms with Crippen LogP contribution in [0.2, 0.25) is 0 Å². The standard InChI is InChI=1S/C17H24N2O4.ClH/c1-17(3-5-18-6-4-17)11-19-16(20)12-9-13(21-2)15-14(10-12)22-7-8-23-15;/h9-10,18H,3-8,11H2,1-2H3,(H,19,20);1H. The number of nitrogens with one attached hydrogen (secondary N) is 2. The van der Waals surface area contributed by atoms with Crippen molar-refractivity contribution in [1.29, 1.82) is 0 Å². The van der Waals surface area contributed by atoms with Gasteiger partial charge in [-0.05, 0) is 43.5 Å². The second-order valence-corrected chi connectivity index (χ2v) is 6.45. The molecule has 0 saturated carbocycles. The Labute approximate surface area is 148 Å². The smallest absolute Gasteiger partial charge is 0.251 e. The second-order valence-electron chi connectivity index (χ2n) is 6.45. The molecule has 1 aromatic rings. The number of benzene rings is 1. The highest BCUT2D eigenvalue weighted by atomic mass is 35.5. The van der Waals surface area contributed by atoms with Crippen molar-refractivity contribution in [1.82, 2.24) is 10.6 Å². The Morgan fingerprint density at radius 1 is 1.29 bits per heavy atom. The van der Waals surface area contributed by atoms with E-state index in [1.807, 2.05) is 0 Å². The van der Waals surface area contributed by atoms with E-state index >= 15 is 0 Å². The van der Waals surface area contributed by atoms with Gasteiger partial charge in [0.15, 0.2) is 11.5 Å². The summed E-state index contributed by atoms with van der Waals surface area (Å²) >= 11 is 0. The fourth-order valence-corrected chi connectivity index (χ4v) is 3.01. The molecular weight excluding hydrogens is 332 g/mol. The van der Waals surface area contributed by atoms with Crippen LogP contribution in [-0.2, 0) is 0 Å². The quantitative estimate of drug-likeness (QED) is 0.863. The van der Waals surface area contributed by atoms with Crippen LogP contribution in [0.1, 0.15) is 30.1 Å². The normalized spacial score (nSPS) is 18.2. The van der Waals surface area contributed by atoms with Crippen LogP contribution in [0.5, 0.6) is 17.2 Å². The average Bonchev–Trinajstić information content (AvgIpc) is 2.59. The lowest BCUT2D eigenvalue weighted by molar-refractivity contribution is 0.0920. The van der Waals surface area contributed by atoms with E-state index in [-0.39, 0.29) is 23.7 Å². The van der Waals surface area contributed by atoms with Crippen LogP contribution in [0.15, 0.2) is 12.1 Å². The van der Waals surface area contributed by atoms with E-state index in [1.165, 1.54) is 0 Å². The Bertz CT molecular complexity index is 571. The van der Waals surface area contributed by atoms with Gasteiger partial charge in [0, 0.05) is 12.1 Å². The molecule has 0 spiro atoms. The summed E-state index contributed by atoms with van der Waals surface area (Å²) in [7, 11) is 1.56. The molecule has 1 amide bonds. The average molecular weight is 357 g/mol. The van der Waals surface area contributed by atoms with Crippen LogP contribution in [0, 0.1) is 5.41 Å². The number of halogens is 1. The molecule has 1 aromatic carbocycles. The van der Waals surface area contributed by atoms with Gasteiger partial charge in [-0.25, -0.2) is 0 Å². The third kappa shape index (κ3) is 4.05. The van der Waals surface area contributed by atoms with Gasteiger partial charge in [0.1, 0.15) is 13.2 Å². The summed E-state index contributed by atoms with van der Waals surface area (Å²) in [6, 6.07) is 3.42. The van der Waals surface area contributed by atoms with E-state index in [0.29, 0.717) is 42.6 Å². The lowest BCUT2D eigenvalue weighted by atomic mass is 9.81. The highest BCUT2D eigenvalue weighted by Crippen LogP contribution is 2.40. The Hall–Kier alpha value is -1.66. The predicted molar refractivity (Wildman–Crippen MR) is 93.8 cm³/mol. The van der Waals surface area contributed by atoms with Crippen molar-refractivity contribution in [3.8, 4) is 17.2 Å². The number of ether oxygens (including phenoxy) is 3. The monoisotopic (exact) mass is 356 g/mol. The van der Waals surface area contributed by atoms with Gasteiger partial charge in [0.05, 0.1) is 7.11 Å². The Morgan fingerprint density at radius 3 is 2.71 bits per heavy atom. The molecule has 0 atom stereocenters. The molecular formula is C17H25ClN2O4. The number of rotatable bonds is 4. The molecule has 0 bridgehead atoms. The summed E-state index contributed by atoms with van der Waals surface area (Å²) in [5.74, 6) is 1.55. The molecule has 2 aliphatic rings. The minimum absolute atomic E-state index is 0. The maximum atomic E-state index is 12.5. The molecule has 0 radical (unpaired) electrons. The first-order valence-electron chi connectivity index (χ1n) is 8.08. The van der Waals surface area contributed by atoms with Gasteiger partial charge in [0.25, 0.3) is 5.91 Å². The maximum absolute atomic E-state index is 12.5. The van der Waals surface area contributed by atoms with Crippen molar-refractivity contribution in [2.75, 3.05) is 40.0 Å². The van der Waals surface area contributed by atoms with E-state index < -0.39 is 0 Å². The first kappa shape index (κ1) is 18.7. The molecule has 0 aromatic heterocycles.